The maximum absolute atomic E-state index is 11.8. The van der Waals surface area contributed by atoms with Crippen molar-refractivity contribution in [1.29, 1.82) is 0 Å². The third-order valence-corrected chi connectivity index (χ3v) is 6.17. The second-order valence-electron chi connectivity index (χ2n) is 6.06. The van der Waals surface area contributed by atoms with E-state index in [1.165, 1.54) is 7.11 Å². The average Bonchev–Trinajstić information content (AvgIpc) is 2.81. The van der Waals surface area contributed by atoms with Crippen molar-refractivity contribution in [1.82, 2.24) is 15.4 Å². The Morgan fingerprint density at radius 3 is 3.20 bits per heavy atom. The van der Waals surface area contributed by atoms with Gasteiger partial charge in [-0.2, -0.15) is 5.06 Å². The van der Waals surface area contributed by atoms with Crippen molar-refractivity contribution in [3.63, 3.8) is 0 Å². The van der Waals surface area contributed by atoms with Crippen molar-refractivity contribution < 1.29 is 19.5 Å². The van der Waals surface area contributed by atoms with Gasteiger partial charge in [-0.3, -0.25) is 4.84 Å². The van der Waals surface area contributed by atoms with E-state index in [-0.39, 0.29) is 17.8 Å². The topological polar surface area (TPSA) is 86.8 Å². The van der Waals surface area contributed by atoms with E-state index in [2.05, 4.69) is 26.2 Å². The largest absolute Gasteiger partial charge is 0.507 e. The number of amides is 1. The molecular weight excluding hydrogens is 410 g/mol. The van der Waals surface area contributed by atoms with E-state index >= 15 is 0 Å². The number of aromatic amines is 1. The number of rotatable bonds is 1. The minimum atomic E-state index is -0.448. The zero-order valence-corrected chi connectivity index (χ0v) is 15.9. The van der Waals surface area contributed by atoms with E-state index in [1.807, 2.05) is 11.1 Å². The van der Waals surface area contributed by atoms with Crippen LogP contribution in [0.15, 0.2) is 16.6 Å². The maximum Gasteiger partial charge on any atom is 0.407 e. The fourth-order valence-electron chi connectivity index (χ4n) is 3.56. The van der Waals surface area contributed by atoms with Crippen molar-refractivity contribution >= 4 is 44.7 Å². The van der Waals surface area contributed by atoms with Gasteiger partial charge in [-0.05, 0) is 40.0 Å². The summed E-state index contributed by atoms with van der Waals surface area (Å²) in [4.78, 5) is 21.1. The van der Waals surface area contributed by atoms with Gasteiger partial charge in [-0.1, -0.05) is 0 Å². The molecule has 2 unspecified atom stereocenters. The molecule has 3 N–H and O–H groups in total. The number of fused-ring (bicyclic) bond motifs is 5. The molecule has 1 fully saturated rings. The summed E-state index contributed by atoms with van der Waals surface area (Å²) in [6.07, 6.45) is 0.360. The Hall–Kier alpha value is -1.42. The second kappa shape index (κ2) is 6.71. The van der Waals surface area contributed by atoms with E-state index in [0.29, 0.717) is 10.4 Å². The molecule has 134 valence electrons. The van der Waals surface area contributed by atoms with Crippen LogP contribution in [0.3, 0.4) is 0 Å². The van der Waals surface area contributed by atoms with Crippen molar-refractivity contribution in [2.75, 3.05) is 25.3 Å². The number of hydrogen-bond acceptors (Lipinski definition) is 6. The molecule has 0 radical (unpaired) electrons. The summed E-state index contributed by atoms with van der Waals surface area (Å²) >= 11 is 5.00. The standard InChI is InChI=1S/C16H18BrN3O4S/c1-23-16(22)19-12-6-25-7-24-20-3-2-8-9-4-13(21)10(17)5-11(9)18-14(8)15(12)20/h4-5,12,15,18,21H,2-3,6-7H2,1H3,(H,19,22). The number of carbonyl (C=O) groups excluding carboxylic acids is 1. The molecule has 2 aromatic rings. The lowest BCUT2D eigenvalue weighted by Gasteiger charge is -2.36. The van der Waals surface area contributed by atoms with Crippen molar-refractivity contribution in [3.05, 3.63) is 27.9 Å². The molecule has 1 aromatic heterocycles. The molecule has 2 aliphatic heterocycles. The normalized spacial score (nSPS) is 23.6. The number of nitrogens with one attached hydrogen (secondary N) is 2. The molecular formula is C16H18BrN3O4S. The lowest BCUT2D eigenvalue weighted by molar-refractivity contribution is -0.177. The Bertz CT molecular complexity index is 827. The summed E-state index contributed by atoms with van der Waals surface area (Å²) in [5.74, 6) is 1.49. The first-order chi connectivity index (χ1) is 12.1. The molecule has 0 bridgehead atoms. The molecule has 0 spiro atoms. The van der Waals surface area contributed by atoms with Gasteiger partial charge in [0.15, 0.2) is 0 Å². The number of phenols is 1. The number of methoxy groups -OCH3 is 1. The third-order valence-electron chi connectivity index (χ3n) is 4.66. The molecule has 9 heteroatoms. The predicted molar refractivity (Wildman–Crippen MR) is 98.6 cm³/mol. The Labute approximate surface area is 157 Å². The molecule has 0 saturated carbocycles. The molecule has 2 aliphatic rings. The highest BCUT2D eigenvalue weighted by atomic mass is 79.9. The van der Waals surface area contributed by atoms with E-state index in [9.17, 15) is 9.90 Å². The Balaban J connectivity index is 1.81. The minimum absolute atomic E-state index is 0.133. The highest BCUT2D eigenvalue weighted by Crippen LogP contribution is 2.41. The highest BCUT2D eigenvalue weighted by molar-refractivity contribution is 9.10. The van der Waals surface area contributed by atoms with Gasteiger partial charge in [0.25, 0.3) is 0 Å². The van der Waals surface area contributed by atoms with Crippen LogP contribution in [0.4, 0.5) is 4.79 Å². The number of H-pyrrole nitrogens is 1. The summed E-state index contributed by atoms with van der Waals surface area (Å²) in [6.45, 7) is 0.724. The van der Waals surface area contributed by atoms with Crippen LogP contribution in [0.1, 0.15) is 17.3 Å². The Morgan fingerprint density at radius 2 is 2.40 bits per heavy atom. The highest BCUT2D eigenvalue weighted by Gasteiger charge is 2.39. The van der Waals surface area contributed by atoms with Gasteiger partial charge in [0, 0.05) is 28.9 Å². The van der Waals surface area contributed by atoms with Crippen LogP contribution in [0, 0.1) is 0 Å². The van der Waals surface area contributed by atoms with Crippen LogP contribution in [-0.2, 0) is 16.0 Å². The molecule has 1 aromatic carbocycles. The van der Waals surface area contributed by atoms with Gasteiger partial charge in [0.05, 0.1) is 23.7 Å². The lowest BCUT2D eigenvalue weighted by atomic mass is 9.94. The number of thioether (sulfide) groups is 1. The number of nitrogens with zero attached hydrogens (tertiary/aromatic N) is 1. The van der Waals surface area contributed by atoms with Gasteiger partial charge < -0.3 is 20.1 Å². The summed E-state index contributed by atoms with van der Waals surface area (Å²) in [5, 5.41) is 15.9. The number of aromatic nitrogens is 1. The number of hydrogen-bond donors (Lipinski definition) is 3. The van der Waals surface area contributed by atoms with Gasteiger partial charge >= 0.3 is 6.09 Å². The summed E-state index contributed by atoms with van der Waals surface area (Å²) in [6, 6.07) is 3.37. The van der Waals surface area contributed by atoms with E-state index < -0.39 is 6.09 Å². The first-order valence-corrected chi connectivity index (χ1v) is 9.88. The van der Waals surface area contributed by atoms with Crippen LogP contribution in [0.2, 0.25) is 0 Å². The first-order valence-electron chi connectivity index (χ1n) is 7.93. The summed E-state index contributed by atoms with van der Waals surface area (Å²) in [5.41, 5.74) is 3.12. The number of aromatic hydroxyl groups is 1. The van der Waals surface area contributed by atoms with Gasteiger partial charge in [-0.15, -0.1) is 11.8 Å². The smallest absolute Gasteiger partial charge is 0.407 e. The fraction of sp³-hybridized carbons (Fsp3) is 0.438. The number of alkyl carbamates (subject to hydrolysis) is 1. The SMILES string of the molecule is COC(=O)NC1CSCON2CCc3c([nH]c4cc(Br)c(O)cc34)C12. The molecule has 7 nitrogen and oxygen atoms in total. The van der Waals surface area contributed by atoms with Crippen LogP contribution >= 0.6 is 27.7 Å². The number of ether oxygens (including phenoxy) is 1. The summed E-state index contributed by atoms with van der Waals surface area (Å²) in [7, 11) is 1.36. The predicted octanol–water partition coefficient (Wildman–Crippen LogP) is 2.90. The zero-order chi connectivity index (χ0) is 17.6. The Kier molecular flexibility index (Phi) is 4.57. The average molecular weight is 428 g/mol. The fourth-order valence-corrected chi connectivity index (χ4v) is 4.73. The number of hydroxylamine groups is 2. The molecule has 0 aliphatic carbocycles. The van der Waals surface area contributed by atoms with Gasteiger partial charge in [0.2, 0.25) is 0 Å². The van der Waals surface area contributed by atoms with Crippen LogP contribution in [0.5, 0.6) is 5.75 Å². The second-order valence-corrected chi connectivity index (χ2v) is 7.89. The Morgan fingerprint density at radius 1 is 1.56 bits per heavy atom. The quantitative estimate of drug-likeness (QED) is 0.648. The van der Waals surface area contributed by atoms with E-state index in [1.54, 1.807) is 17.8 Å². The molecule has 1 saturated heterocycles. The number of phenolic OH excluding ortho intramolecular Hbond substituents is 1. The molecule has 2 atom stereocenters. The number of carbonyl (C=O) groups is 1. The van der Waals surface area contributed by atoms with Crippen molar-refractivity contribution in [3.8, 4) is 5.75 Å². The van der Waals surface area contributed by atoms with Crippen molar-refractivity contribution in [2.45, 2.75) is 18.5 Å². The number of halogens is 1. The molecule has 3 heterocycles. The third kappa shape index (κ3) is 2.99. The lowest BCUT2D eigenvalue weighted by Crippen LogP contribution is -2.48. The molecule has 4 rings (SSSR count). The van der Waals surface area contributed by atoms with Crippen molar-refractivity contribution in [2.24, 2.45) is 0 Å². The molecule has 1 amide bonds. The first kappa shape index (κ1) is 17.0. The minimum Gasteiger partial charge on any atom is -0.507 e. The van der Waals surface area contributed by atoms with E-state index in [4.69, 9.17) is 9.57 Å². The van der Waals surface area contributed by atoms with E-state index in [0.717, 1.165) is 40.9 Å². The van der Waals surface area contributed by atoms with Crippen LogP contribution in [-0.4, -0.2) is 52.6 Å². The van der Waals surface area contributed by atoms with Gasteiger partial charge in [0.1, 0.15) is 11.7 Å². The zero-order valence-electron chi connectivity index (χ0n) is 13.5. The van der Waals surface area contributed by atoms with Crippen LogP contribution in [0.25, 0.3) is 10.9 Å². The van der Waals surface area contributed by atoms with Gasteiger partial charge in [-0.25, -0.2) is 4.79 Å². The maximum atomic E-state index is 11.8. The van der Waals surface area contributed by atoms with Crippen LogP contribution < -0.4 is 5.32 Å². The molecule has 25 heavy (non-hydrogen) atoms. The monoisotopic (exact) mass is 427 g/mol. The number of benzene rings is 1. The summed E-state index contributed by atoms with van der Waals surface area (Å²) < 4.78 is 5.43.